The number of rotatable bonds is 10. The van der Waals surface area contributed by atoms with Crippen molar-refractivity contribution in [3.8, 4) is 45.3 Å². The maximum absolute atomic E-state index is 13.3. The van der Waals surface area contributed by atoms with Gasteiger partial charge in [-0.15, -0.1) is 0 Å². The zero-order chi connectivity index (χ0) is 36.3. The van der Waals surface area contributed by atoms with Gasteiger partial charge in [-0.3, -0.25) is 14.8 Å². The van der Waals surface area contributed by atoms with E-state index in [9.17, 15) is 9.59 Å². The summed E-state index contributed by atoms with van der Waals surface area (Å²) < 4.78 is 17.1. The second kappa shape index (κ2) is 15.2. The first-order valence-electron chi connectivity index (χ1n) is 16.7. The van der Waals surface area contributed by atoms with Crippen LogP contribution in [0.25, 0.3) is 33.6 Å². The van der Waals surface area contributed by atoms with Crippen LogP contribution in [0.5, 0.6) is 11.6 Å². The van der Waals surface area contributed by atoms with Crippen molar-refractivity contribution in [1.82, 2.24) is 25.5 Å². The number of aliphatic imine (C=N–C) groups is 1. The van der Waals surface area contributed by atoms with Crippen molar-refractivity contribution >= 4 is 41.0 Å². The molecule has 4 heterocycles. The van der Waals surface area contributed by atoms with E-state index in [4.69, 9.17) is 42.4 Å². The molecule has 0 saturated carbocycles. The van der Waals surface area contributed by atoms with Crippen LogP contribution < -0.4 is 20.1 Å². The van der Waals surface area contributed by atoms with Crippen molar-refractivity contribution in [2.45, 2.75) is 51.8 Å². The van der Waals surface area contributed by atoms with Crippen molar-refractivity contribution in [2.24, 2.45) is 4.99 Å². The number of aromatic nitrogens is 2. The lowest BCUT2D eigenvalue weighted by Gasteiger charge is -2.29. The van der Waals surface area contributed by atoms with Gasteiger partial charge in [-0.25, -0.2) is 9.78 Å². The third kappa shape index (κ3) is 8.05. The second-order valence-corrected chi connectivity index (χ2v) is 14.0. The van der Waals surface area contributed by atoms with Crippen molar-refractivity contribution < 1.29 is 23.8 Å². The highest BCUT2D eigenvalue weighted by molar-refractivity contribution is 6.39. The number of amidine groups is 1. The Hall–Kier alpha value is -4.87. The zero-order valence-corrected chi connectivity index (χ0v) is 30.7. The number of hydrogen-bond acceptors (Lipinski definition) is 9. The number of methoxy groups -OCH3 is 2. The Morgan fingerprint density at radius 3 is 2.45 bits per heavy atom. The van der Waals surface area contributed by atoms with E-state index in [1.54, 1.807) is 18.2 Å². The van der Waals surface area contributed by atoms with Crippen molar-refractivity contribution in [1.29, 1.82) is 0 Å². The topological polar surface area (TPSA) is 127 Å². The molecule has 2 amide bonds. The van der Waals surface area contributed by atoms with Gasteiger partial charge in [-0.05, 0) is 57.5 Å². The van der Waals surface area contributed by atoms with Gasteiger partial charge in [0, 0.05) is 59.6 Å². The molecule has 51 heavy (non-hydrogen) atoms. The minimum absolute atomic E-state index is 0.0295. The SMILES string of the molecule is COc1cc(-c2nccc(-c3cccc(-c4ccc(CN(C[C@@H]5CCC(=O)N5)C(=O)OC(C)(C)C)c(OC)n4)c3Cl)c2Cl)ccc1C1=NCCN1. The van der Waals surface area contributed by atoms with Crippen LogP contribution in [-0.2, 0) is 16.1 Å². The summed E-state index contributed by atoms with van der Waals surface area (Å²) >= 11 is 14.2. The average molecular weight is 732 g/mol. The van der Waals surface area contributed by atoms with Gasteiger partial charge in [0.25, 0.3) is 0 Å². The number of ether oxygens (including phenoxy) is 3. The fraction of sp³-hybridized carbons (Fsp3) is 0.342. The van der Waals surface area contributed by atoms with Crippen molar-refractivity contribution in [3.63, 3.8) is 0 Å². The molecule has 1 atom stereocenters. The molecule has 0 unspecified atom stereocenters. The van der Waals surface area contributed by atoms with Gasteiger partial charge < -0.3 is 29.7 Å². The molecule has 1 fully saturated rings. The van der Waals surface area contributed by atoms with Gasteiger partial charge in [0.1, 0.15) is 17.2 Å². The smallest absolute Gasteiger partial charge is 0.410 e. The number of carbonyl (C=O) groups is 2. The van der Waals surface area contributed by atoms with Crippen LogP contribution in [0.3, 0.4) is 0 Å². The Morgan fingerprint density at radius 2 is 1.76 bits per heavy atom. The van der Waals surface area contributed by atoms with Gasteiger partial charge in [0.05, 0.1) is 54.3 Å². The summed E-state index contributed by atoms with van der Waals surface area (Å²) in [6.45, 7) is 7.40. The molecule has 0 spiro atoms. The van der Waals surface area contributed by atoms with Crippen LogP contribution in [0.1, 0.15) is 44.7 Å². The molecule has 266 valence electrons. The van der Waals surface area contributed by atoms with Gasteiger partial charge >= 0.3 is 6.09 Å². The normalized spacial score (nSPS) is 15.5. The predicted octanol–water partition coefficient (Wildman–Crippen LogP) is 7.17. The lowest BCUT2D eigenvalue weighted by molar-refractivity contribution is -0.119. The maximum Gasteiger partial charge on any atom is 0.410 e. The number of carbonyl (C=O) groups excluding carboxylic acids is 2. The molecule has 11 nitrogen and oxygen atoms in total. The van der Waals surface area contributed by atoms with E-state index in [2.05, 4.69) is 20.6 Å². The van der Waals surface area contributed by atoms with Crippen LogP contribution in [0.15, 0.2) is 65.8 Å². The summed E-state index contributed by atoms with van der Waals surface area (Å²) in [7, 11) is 3.15. The predicted molar refractivity (Wildman–Crippen MR) is 199 cm³/mol. The lowest BCUT2D eigenvalue weighted by atomic mass is 9.99. The highest BCUT2D eigenvalue weighted by Gasteiger charge is 2.29. The molecule has 0 bridgehead atoms. The zero-order valence-electron chi connectivity index (χ0n) is 29.2. The Kier molecular flexibility index (Phi) is 10.7. The van der Waals surface area contributed by atoms with E-state index < -0.39 is 11.7 Å². The molecule has 0 radical (unpaired) electrons. The third-order valence-electron chi connectivity index (χ3n) is 8.53. The molecule has 0 aliphatic carbocycles. The summed E-state index contributed by atoms with van der Waals surface area (Å²) in [4.78, 5) is 40.6. The quantitative estimate of drug-likeness (QED) is 0.176. The lowest BCUT2D eigenvalue weighted by Crippen LogP contribution is -2.43. The summed E-state index contributed by atoms with van der Waals surface area (Å²) in [5.74, 6) is 1.76. The number of pyridine rings is 2. The Labute approximate surface area is 307 Å². The monoisotopic (exact) mass is 730 g/mol. The summed E-state index contributed by atoms with van der Waals surface area (Å²) in [5.41, 5.74) is 4.86. The number of amides is 2. The van der Waals surface area contributed by atoms with Gasteiger partial charge in [0.2, 0.25) is 11.8 Å². The van der Waals surface area contributed by atoms with E-state index in [1.807, 2.05) is 75.4 Å². The molecule has 4 aromatic rings. The van der Waals surface area contributed by atoms with Gasteiger partial charge in [0.15, 0.2) is 0 Å². The first-order chi connectivity index (χ1) is 24.5. The molecule has 2 aromatic heterocycles. The van der Waals surface area contributed by atoms with Gasteiger partial charge in [-0.2, -0.15) is 0 Å². The molecule has 2 N–H and O–H groups in total. The fourth-order valence-electron chi connectivity index (χ4n) is 6.14. The van der Waals surface area contributed by atoms with Gasteiger partial charge in [-0.1, -0.05) is 47.5 Å². The Bertz CT molecular complexity index is 2000. The number of hydrogen-bond donors (Lipinski definition) is 2. The van der Waals surface area contributed by atoms with Crippen LogP contribution in [0.4, 0.5) is 4.79 Å². The Balaban J connectivity index is 1.30. The van der Waals surface area contributed by atoms with Crippen LogP contribution in [0.2, 0.25) is 10.0 Å². The fourth-order valence-corrected chi connectivity index (χ4v) is 6.78. The number of nitrogens with zero attached hydrogens (tertiary/aromatic N) is 4. The first kappa shape index (κ1) is 35.9. The van der Waals surface area contributed by atoms with E-state index in [-0.39, 0.29) is 25.0 Å². The van der Waals surface area contributed by atoms with E-state index in [0.717, 1.165) is 30.1 Å². The minimum atomic E-state index is -0.694. The summed E-state index contributed by atoms with van der Waals surface area (Å²) in [5, 5.41) is 7.10. The van der Waals surface area contributed by atoms with E-state index in [0.29, 0.717) is 68.2 Å². The first-order valence-corrected chi connectivity index (χ1v) is 17.4. The molecular formula is C38H40Cl2N6O5. The second-order valence-electron chi connectivity index (χ2n) is 13.3. The van der Waals surface area contributed by atoms with Crippen LogP contribution in [-0.4, -0.2) is 78.2 Å². The highest BCUT2D eigenvalue weighted by atomic mass is 35.5. The molecule has 2 aliphatic rings. The van der Waals surface area contributed by atoms with Crippen LogP contribution >= 0.6 is 23.2 Å². The van der Waals surface area contributed by atoms with Crippen LogP contribution in [0, 0.1) is 0 Å². The number of benzene rings is 2. The molecule has 6 rings (SSSR count). The molecule has 13 heteroatoms. The molecule has 1 saturated heterocycles. The van der Waals surface area contributed by atoms with E-state index >= 15 is 0 Å². The standard InChI is InChI=1S/C38H40Cl2N6O5/c1-38(2,3)51-37(48)46(21-24-11-14-31(47)44-24)20-23-10-13-29(45-36(23)50-5)27-8-6-7-25(32(27)39)26-15-16-41-34(33(26)40)22-9-12-28(30(19-22)49-4)35-42-17-18-43-35/h6-10,12-13,15-16,19,24H,11,14,17-18,20-21H2,1-5H3,(H,42,43)(H,44,47)/t24-/m0/s1. The maximum atomic E-state index is 13.3. The molecule has 2 aliphatic heterocycles. The number of nitrogens with one attached hydrogen (secondary N) is 2. The summed E-state index contributed by atoms with van der Waals surface area (Å²) in [6, 6.07) is 16.8. The minimum Gasteiger partial charge on any atom is -0.496 e. The van der Waals surface area contributed by atoms with E-state index in [1.165, 1.54) is 7.11 Å². The largest absolute Gasteiger partial charge is 0.496 e. The van der Waals surface area contributed by atoms with Crippen molar-refractivity contribution in [2.75, 3.05) is 33.9 Å². The molecular weight excluding hydrogens is 691 g/mol. The summed E-state index contributed by atoms with van der Waals surface area (Å²) in [6.07, 6.45) is 2.27. The Morgan fingerprint density at radius 1 is 0.980 bits per heavy atom. The highest BCUT2D eigenvalue weighted by Crippen LogP contribution is 2.42. The average Bonchev–Trinajstić information content (AvgIpc) is 3.79. The number of halogens is 2. The van der Waals surface area contributed by atoms with Crippen molar-refractivity contribution in [3.05, 3.63) is 82.0 Å². The third-order valence-corrected chi connectivity index (χ3v) is 9.32. The molecule has 2 aromatic carbocycles.